The summed E-state index contributed by atoms with van der Waals surface area (Å²) in [6, 6.07) is 11.2. The average molecular weight is 550 g/mol. The van der Waals surface area contributed by atoms with Gasteiger partial charge in [0.05, 0.1) is 12.8 Å². The number of nitriles is 1. The minimum Gasteiger partial charge on any atom is -0.395 e. The van der Waals surface area contributed by atoms with Crippen molar-refractivity contribution in [2.45, 2.75) is 63.6 Å². The van der Waals surface area contributed by atoms with Gasteiger partial charge in [0.2, 0.25) is 5.95 Å². The molecule has 4 N–H and O–H groups in total. The third-order valence-corrected chi connectivity index (χ3v) is 10.1. The SMILES string of the molecule is N#Cc1cnc(NCc2ccccc2Cl)nc1NCC12CC3C[C@H](C1)C(NC1CCN(CCO)CC1)[C@@H](C3)C2. The van der Waals surface area contributed by atoms with Gasteiger partial charge in [0, 0.05) is 36.7 Å². The normalized spacial score (nSPS) is 30.3. The Kier molecular flexibility index (Phi) is 7.95. The van der Waals surface area contributed by atoms with Gasteiger partial charge in [0.15, 0.2) is 0 Å². The van der Waals surface area contributed by atoms with Gasteiger partial charge in [-0.1, -0.05) is 29.8 Å². The summed E-state index contributed by atoms with van der Waals surface area (Å²) in [6.07, 6.45) is 10.5. The number of nitrogens with zero attached hydrogens (tertiary/aromatic N) is 4. The number of benzene rings is 1. The predicted octanol–water partition coefficient (Wildman–Crippen LogP) is 4.27. The molecule has 4 aliphatic carbocycles. The molecule has 5 atom stereocenters. The largest absolute Gasteiger partial charge is 0.395 e. The quantitative estimate of drug-likeness (QED) is 0.348. The average Bonchev–Trinajstić information content (AvgIpc) is 2.94. The van der Waals surface area contributed by atoms with Crippen LogP contribution in [0.2, 0.25) is 5.02 Å². The molecule has 3 unspecified atom stereocenters. The zero-order valence-corrected chi connectivity index (χ0v) is 23.3. The second kappa shape index (κ2) is 11.6. The van der Waals surface area contributed by atoms with Crippen LogP contribution in [0.5, 0.6) is 0 Å². The summed E-state index contributed by atoms with van der Waals surface area (Å²) in [7, 11) is 0. The van der Waals surface area contributed by atoms with E-state index in [1.165, 1.54) is 44.9 Å². The first kappa shape index (κ1) is 26.8. The Morgan fingerprint density at radius 2 is 1.87 bits per heavy atom. The van der Waals surface area contributed by atoms with Crippen LogP contribution in [0, 0.1) is 34.5 Å². The molecule has 5 fully saturated rings. The van der Waals surface area contributed by atoms with Crippen molar-refractivity contribution in [3.05, 3.63) is 46.6 Å². The number of aliphatic hydroxyl groups excluding tert-OH is 1. The topological polar surface area (TPSA) is 109 Å². The number of anilines is 2. The van der Waals surface area contributed by atoms with Crippen LogP contribution in [-0.4, -0.2) is 64.8 Å². The Morgan fingerprint density at radius 3 is 2.59 bits per heavy atom. The summed E-state index contributed by atoms with van der Waals surface area (Å²) in [6.45, 7) is 4.62. The molecule has 4 bridgehead atoms. The minimum atomic E-state index is 0.258. The molecule has 2 aromatic rings. The Hall–Kier alpha value is -2.44. The first-order valence-corrected chi connectivity index (χ1v) is 15.0. The Bertz CT molecular complexity index is 1180. The first-order chi connectivity index (χ1) is 19.0. The van der Waals surface area contributed by atoms with Crippen molar-refractivity contribution < 1.29 is 5.11 Å². The van der Waals surface area contributed by atoms with Gasteiger partial charge in [0.25, 0.3) is 0 Å². The van der Waals surface area contributed by atoms with Gasteiger partial charge in [-0.15, -0.1) is 0 Å². The minimum absolute atomic E-state index is 0.258. The summed E-state index contributed by atoms with van der Waals surface area (Å²) >= 11 is 6.30. The molecule has 39 heavy (non-hydrogen) atoms. The van der Waals surface area contributed by atoms with Crippen molar-refractivity contribution >= 4 is 23.4 Å². The number of halogens is 1. The van der Waals surface area contributed by atoms with E-state index in [1.54, 1.807) is 6.20 Å². The van der Waals surface area contributed by atoms with Crippen LogP contribution >= 0.6 is 11.6 Å². The molecule has 1 saturated heterocycles. The number of rotatable bonds is 10. The van der Waals surface area contributed by atoms with Crippen molar-refractivity contribution in [3.8, 4) is 6.07 Å². The van der Waals surface area contributed by atoms with Crippen LogP contribution < -0.4 is 16.0 Å². The van der Waals surface area contributed by atoms with Crippen LogP contribution in [-0.2, 0) is 6.54 Å². The maximum absolute atomic E-state index is 9.72. The molecule has 2 heterocycles. The number of β-amino-alcohol motifs (C(OH)–C–C–N with tert-alkyl or cyclic N) is 1. The molecule has 9 heteroatoms. The van der Waals surface area contributed by atoms with E-state index in [2.05, 4.69) is 36.9 Å². The number of aromatic nitrogens is 2. The molecule has 1 aliphatic heterocycles. The third-order valence-electron chi connectivity index (χ3n) is 9.77. The molecule has 0 amide bonds. The second-order valence-corrected chi connectivity index (χ2v) is 12.8. The molecule has 4 saturated carbocycles. The van der Waals surface area contributed by atoms with Gasteiger partial charge >= 0.3 is 0 Å². The highest BCUT2D eigenvalue weighted by Gasteiger charge is 2.55. The van der Waals surface area contributed by atoms with Crippen molar-refractivity contribution in [2.24, 2.45) is 23.2 Å². The monoisotopic (exact) mass is 549 g/mol. The summed E-state index contributed by atoms with van der Waals surface area (Å²) in [5, 5.41) is 30.7. The molecule has 7 rings (SSSR count). The molecule has 5 aliphatic rings. The highest BCUT2D eigenvalue weighted by atomic mass is 35.5. The lowest BCUT2D eigenvalue weighted by Gasteiger charge is -2.61. The zero-order chi connectivity index (χ0) is 26.8. The van der Waals surface area contributed by atoms with Crippen LogP contribution in [0.25, 0.3) is 0 Å². The number of likely N-dealkylation sites (tertiary alicyclic amines) is 1. The van der Waals surface area contributed by atoms with Gasteiger partial charge < -0.3 is 26.0 Å². The molecule has 1 aromatic carbocycles. The predicted molar refractivity (Wildman–Crippen MR) is 153 cm³/mol. The second-order valence-electron chi connectivity index (χ2n) is 12.4. The first-order valence-electron chi connectivity index (χ1n) is 14.6. The van der Waals surface area contributed by atoms with Gasteiger partial charge in [0.1, 0.15) is 17.5 Å². The van der Waals surface area contributed by atoms with Crippen LogP contribution in [0.4, 0.5) is 11.8 Å². The molecule has 0 spiro atoms. The van der Waals surface area contributed by atoms with Crippen molar-refractivity contribution in [3.63, 3.8) is 0 Å². The van der Waals surface area contributed by atoms with Gasteiger partial charge in [-0.05, 0) is 92.8 Å². The summed E-state index contributed by atoms with van der Waals surface area (Å²) in [5.41, 5.74) is 1.74. The Balaban J connectivity index is 1.08. The lowest BCUT2D eigenvalue weighted by atomic mass is 9.48. The standard InChI is InChI=1S/C30H40ClN7O/c31-26-4-2-1-3-21(26)17-33-29-34-18-24(16-32)28(37-29)35-19-30-13-20-11-22(14-30)27(23(12-20)15-30)36-25-5-7-38(8-6-25)9-10-39/h1-4,18,20,22-23,25,27,36,39H,5-15,17,19H2,(H2,33,34,35,37)/t20?,22-,23+,27?,30?. The van der Waals surface area contributed by atoms with Gasteiger partial charge in [-0.3, -0.25) is 0 Å². The summed E-state index contributed by atoms with van der Waals surface area (Å²) in [4.78, 5) is 11.4. The van der Waals surface area contributed by atoms with E-state index >= 15 is 0 Å². The molecule has 1 aromatic heterocycles. The number of aliphatic hydroxyl groups is 1. The van der Waals surface area contributed by atoms with Crippen molar-refractivity contribution in [1.29, 1.82) is 5.26 Å². The summed E-state index contributed by atoms with van der Waals surface area (Å²) < 4.78 is 0. The Morgan fingerprint density at radius 1 is 1.10 bits per heavy atom. The fourth-order valence-electron chi connectivity index (χ4n) is 8.19. The lowest BCUT2D eigenvalue weighted by molar-refractivity contribution is -0.0735. The van der Waals surface area contributed by atoms with E-state index in [0.29, 0.717) is 41.0 Å². The van der Waals surface area contributed by atoms with E-state index in [9.17, 15) is 10.4 Å². The summed E-state index contributed by atoms with van der Waals surface area (Å²) in [5.74, 6) is 3.41. The molecule has 8 nitrogen and oxygen atoms in total. The van der Waals surface area contributed by atoms with E-state index in [0.717, 1.165) is 49.5 Å². The highest BCUT2D eigenvalue weighted by molar-refractivity contribution is 6.31. The number of nitrogens with one attached hydrogen (secondary N) is 3. The molecular weight excluding hydrogens is 510 g/mol. The third kappa shape index (κ3) is 5.88. The molecular formula is C30H40ClN7O. The van der Waals surface area contributed by atoms with E-state index in [4.69, 9.17) is 11.6 Å². The number of piperidine rings is 1. The van der Waals surface area contributed by atoms with Crippen LogP contribution in [0.3, 0.4) is 0 Å². The zero-order valence-electron chi connectivity index (χ0n) is 22.6. The van der Waals surface area contributed by atoms with Crippen LogP contribution in [0.15, 0.2) is 30.5 Å². The fourth-order valence-corrected chi connectivity index (χ4v) is 8.39. The fraction of sp³-hybridized carbons (Fsp3) is 0.633. The maximum Gasteiger partial charge on any atom is 0.224 e. The molecule has 0 radical (unpaired) electrons. The smallest absolute Gasteiger partial charge is 0.224 e. The van der Waals surface area contributed by atoms with E-state index in [1.807, 2.05) is 24.3 Å². The van der Waals surface area contributed by atoms with Crippen molar-refractivity contribution in [2.75, 3.05) is 43.4 Å². The number of hydrogen-bond acceptors (Lipinski definition) is 8. The van der Waals surface area contributed by atoms with Gasteiger partial charge in [-0.2, -0.15) is 10.2 Å². The lowest BCUT2D eigenvalue weighted by Crippen LogP contribution is -2.61. The van der Waals surface area contributed by atoms with Gasteiger partial charge in [-0.25, -0.2) is 4.98 Å². The highest BCUT2D eigenvalue weighted by Crippen LogP contribution is 2.60. The Labute approximate surface area is 236 Å². The van der Waals surface area contributed by atoms with Crippen molar-refractivity contribution in [1.82, 2.24) is 20.2 Å². The van der Waals surface area contributed by atoms with E-state index < -0.39 is 0 Å². The van der Waals surface area contributed by atoms with E-state index in [-0.39, 0.29) is 12.0 Å². The molecule has 208 valence electrons. The maximum atomic E-state index is 9.72. The van der Waals surface area contributed by atoms with Crippen LogP contribution in [0.1, 0.15) is 56.1 Å². The number of hydrogen-bond donors (Lipinski definition) is 4.